The Morgan fingerprint density at radius 1 is 1.05 bits per heavy atom. The molecule has 1 aliphatic carbocycles. The Balaban J connectivity index is 1.88. The van der Waals surface area contributed by atoms with E-state index < -0.39 is 21.2 Å². The Kier molecular flexibility index (Phi) is 3.87. The van der Waals surface area contributed by atoms with Gasteiger partial charge in [0, 0.05) is 0 Å². The van der Waals surface area contributed by atoms with Crippen LogP contribution < -0.4 is 0 Å². The first-order valence-electron chi connectivity index (χ1n) is 7.59. The fourth-order valence-corrected chi connectivity index (χ4v) is 5.47. The summed E-state index contributed by atoms with van der Waals surface area (Å²) >= 11 is 0. The van der Waals surface area contributed by atoms with Gasteiger partial charge in [0.2, 0.25) is 0 Å². The number of rotatable bonds is 2. The maximum absolute atomic E-state index is 12.1. The third kappa shape index (κ3) is 2.63. The van der Waals surface area contributed by atoms with E-state index in [2.05, 4.69) is 6.07 Å². The van der Waals surface area contributed by atoms with Crippen LogP contribution in [-0.4, -0.2) is 24.5 Å². The quantitative estimate of drug-likeness (QED) is 0.912. The van der Waals surface area contributed by atoms with E-state index in [-0.39, 0.29) is 5.75 Å². The van der Waals surface area contributed by atoms with Crippen LogP contribution in [0.5, 0.6) is 0 Å². The highest BCUT2D eigenvalue weighted by Gasteiger charge is 2.35. The molecule has 1 saturated heterocycles. The summed E-state index contributed by atoms with van der Waals surface area (Å²) in [6, 6.07) is 6.02. The molecule has 110 valence electrons. The molecule has 0 aromatic heterocycles. The molecule has 1 heterocycles. The molecular formula is C16H22O3S. The van der Waals surface area contributed by atoms with Gasteiger partial charge in [-0.2, -0.15) is 0 Å². The molecule has 2 unspecified atom stereocenters. The first-order valence-corrected chi connectivity index (χ1v) is 9.31. The van der Waals surface area contributed by atoms with Crippen LogP contribution in [0.1, 0.15) is 54.9 Å². The van der Waals surface area contributed by atoms with Crippen molar-refractivity contribution >= 4 is 9.84 Å². The third-order valence-corrected chi connectivity index (χ3v) is 6.97. The largest absolute Gasteiger partial charge is 0.387 e. The van der Waals surface area contributed by atoms with E-state index in [1.165, 1.54) is 24.0 Å². The molecule has 2 atom stereocenters. The molecule has 1 aromatic rings. The van der Waals surface area contributed by atoms with Crippen molar-refractivity contribution < 1.29 is 13.5 Å². The maximum Gasteiger partial charge on any atom is 0.156 e. The first-order chi connectivity index (χ1) is 9.58. The predicted octanol–water partition coefficient (Wildman–Crippen LogP) is 2.57. The molecule has 2 aliphatic rings. The van der Waals surface area contributed by atoms with Gasteiger partial charge in [-0.15, -0.1) is 0 Å². The van der Waals surface area contributed by atoms with Crippen LogP contribution in [0.4, 0.5) is 0 Å². The molecule has 1 fully saturated rings. The molecule has 0 bridgehead atoms. The minimum Gasteiger partial charge on any atom is -0.387 e. The molecule has 20 heavy (non-hydrogen) atoms. The Bertz CT molecular complexity index is 592. The Hall–Kier alpha value is -0.870. The van der Waals surface area contributed by atoms with E-state index in [1.54, 1.807) is 0 Å². The van der Waals surface area contributed by atoms with Crippen molar-refractivity contribution in [3.05, 3.63) is 34.9 Å². The summed E-state index contributed by atoms with van der Waals surface area (Å²) in [6.45, 7) is 0. The Labute approximate surface area is 120 Å². The van der Waals surface area contributed by atoms with Crippen LogP contribution >= 0.6 is 0 Å². The highest BCUT2D eigenvalue weighted by Crippen LogP contribution is 2.32. The van der Waals surface area contributed by atoms with E-state index in [4.69, 9.17) is 0 Å². The standard InChI is InChI=1S/C16H22O3S/c17-16(15-7-3-4-10-20(15,18)19)14-9-8-12-5-1-2-6-13(12)11-14/h8-9,11,15-17H,1-7,10H2. The van der Waals surface area contributed by atoms with Crippen LogP contribution in [0.25, 0.3) is 0 Å². The summed E-state index contributed by atoms with van der Waals surface area (Å²) in [5.74, 6) is 0.222. The predicted molar refractivity (Wildman–Crippen MR) is 79.5 cm³/mol. The molecule has 0 spiro atoms. The topological polar surface area (TPSA) is 54.4 Å². The average molecular weight is 294 g/mol. The minimum atomic E-state index is -3.14. The zero-order chi connectivity index (χ0) is 14.2. The zero-order valence-electron chi connectivity index (χ0n) is 11.7. The monoisotopic (exact) mass is 294 g/mol. The minimum absolute atomic E-state index is 0.222. The summed E-state index contributed by atoms with van der Waals surface area (Å²) in [7, 11) is -3.14. The number of benzene rings is 1. The molecule has 0 radical (unpaired) electrons. The van der Waals surface area contributed by atoms with Gasteiger partial charge in [-0.25, -0.2) is 8.42 Å². The van der Waals surface area contributed by atoms with Crippen LogP contribution in [0.3, 0.4) is 0 Å². The fourth-order valence-electron chi connectivity index (χ4n) is 3.49. The van der Waals surface area contributed by atoms with Crippen molar-refractivity contribution in [2.45, 2.75) is 56.3 Å². The van der Waals surface area contributed by atoms with Gasteiger partial charge in [-0.3, -0.25) is 0 Å². The van der Waals surface area contributed by atoms with E-state index in [1.807, 2.05) is 12.1 Å². The lowest BCUT2D eigenvalue weighted by Gasteiger charge is -2.28. The lowest BCUT2D eigenvalue weighted by atomic mass is 9.89. The molecule has 0 amide bonds. The number of aryl methyl sites for hydroxylation is 2. The third-order valence-electron chi connectivity index (χ3n) is 4.69. The van der Waals surface area contributed by atoms with Crippen molar-refractivity contribution in [2.24, 2.45) is 0 Å². The number of aliphatic hydroxyl groups excluding tert-OH is 1. The fraction of sp³-hybridized carbons (Fsp3) is 0.625. The lowest BCUT2D eigenvalue weighted by molar-refractivity contribution is 0.164. The van der Waals surface area contributed by atoms with Gasteiger partial charge in [-0.1, -0.05) is 24.6 Å². The second-order valence-electron chi connectivity index (χ2n) is 6.08. The van der Waals surface area contributed by atoms with Gasteiger partial charge >= 0.3 is 0 Å². The molecule has 3 nitrogen and oxygen atoms in total. The van der Waals surface area contributed by atoms with Crippen LogP contribution in [0.2, 0.25) is 0 Å². The summed E-state index contributed by atoms with van der Waals surface area (Å²) in [4.78, 5) is 0. The van der Waals surface area contributed by atoms with Gasteiger partial charge in [0.25, 0.3) is 0 Å². The Morgan fingerprint density at radius 3 is 2.55 bits per heavy atom. The molecule has 4 heteroatoms. The van der Waals surface area contributed by atoms with Crippen molar-refractivity contribution in [1.29, 1.82) is 0 Å². The van der Waals surface area contributed by atoms with Crippen molar-refractivity contribution in [3.8, 4) is 0 Å². The summed E-state index contributed by atoms with van der Waals surface area (Å²) in [6.07, 6.45) is 5.91. The van der Waals surface area contributed by atoms with Crippen LogP contribution in [0, 0.1) is 0 Å². The number of hydrogen-bond donors (Lipinski definition) is 1. The highest BCUT2D eigenvalue weighted by molar-refractivity contribution is 7.92. The van der Waals surface area contributed by atoms with Gasteiger partial charge < -0.3 is 5.11 Å². The molecule has 3 rings (SSSR count). The Morgan fingerprint density at radius 2 is 1.80 bits per heavy atom. The second kappa shape index (κ2) is 5.49. The van der Waals surface area contributed by atoms with Crippen molar-refractivity contribution in [1.82, 2.24) is 0 Å². The zero-order valence-corrected chi connectivity index (χ0v) is 12.5. The van der Waals surface area contributed by atoms with Crippen LogP contribution in [0.15, 0.2) is 18.2 Å². The van der Waals surface area contributed by atoms with E-state index in [9.17, 15) is 13.5 Å². The highest BCUT2D eigenvalue weighted by atomic mass is 32.2. The molecular weight excluding hydrogens is 272 g/mol. The lowest BCUT2D eigenvalue weighted by Crippen LogP contribution is -2.33. The average Bonchev–Trinajstić information content (AvgIpc) is 2.45. The summed E-state index contributed by atoms with van der Waals surface area (Å²) in [5, 5.41) is 9.89. The van der Waals surface area contributed by atoms with Crippen LogP contribution in [-0.2, 0) is 22.7 Å². The first kappa shape index (κ1) is 14.1. The molecule has 0 saturated carbocycles. The van der Waals surface area contributed by atoms with Crippen molar-refractivity contribution in [2.75, 3.05) is 5.75 Å². The van der Waals surface area contributed by atoms with Gasteiger partial charge in [0.05, 0.1) is 17.1 Å². The smallest absolute Gasteiger partial charge is 0.156 e. The van der Waals surface area contributed by atoms with E-state index in [0.717, 1.165) is 31.2 Å². The normalized spacial score (nSPS) is 26.8. The SMILES string of the molecule is O=S1(=O)CCCCC1C(O)c1ccc2c(c1)CCCC2. The number of aliphatic hydroxyl groups is 1. The molecule has 1 N–H and O–H groups in total. The second-order valence-corrected chi connectivity index (χ2v) is 8.42. The van der Waals surface area contributed by atoms with Gasteiger partial charge in [-0.05, 0) is 55.2 Å². The number of hydrogen-bond acceptors (Lipinski definition) is 3. The maximum atomic E-state index is 12.1. The van der Waals surface area contributed by atoms with Gasteiger partial charge in [0.15, 0.2) is 9.84 Å². The summed E-state index contributed by atoms with van der Waals surface area (Å²) in [5.41, 5.74) is 3.43. The molecule has 1 aliphatic heterocycles. The summed E-state index contributed by atoms with van der Waals surface area (Å²) < 4.78 is 24.3. The van der Waals surface area contributed by atoms with Gasteiger partial charge in [0.1, 0.15) is 0 Å². The number of sulfone groups is 1. The van der Waals surface area contributed by atoms with E-state index >= 15 is 0 Å². The number of fused-ring (bicyclic) bond motifs is 1. The van der Waals surface area contributed by atoms with Crippen molar-refractivity contribution in [3.63, 3.8) is 0 Å². The van der Waals surface area contributed by atoms with E-state index in [0.29, 0.717) is 6.42 Å². The molecule has 1 aromatic carbocycles.